The molecule has 0 saturated heterocycles. The number of aromatic nitrogens is 1. The molecule has 0 spiro atoms. The van der Waals surface area contributed by atoms with Gasteiger partial charge in [0.2, 0.25) is 5.91 Å². The maximum absolute atomic E-state index is 11.8. The fourth-order valence-electron chi connectivity index (χ4n) is 2.00. The van der Waals surface area contributed by atoms with Crippen LogP contribution in [0.1, 0.15) is 12.1 Å². The molecule has 0 fully saturated rings. The molecule has 0 bridgehead atoms. The number of para-hydroxylation sites is 2. The molecule has 0 atom stereocenters. The number of hydrogen-bond donors (Lipinski definition) is 3. The summed E-state index contributed by atoms with van der Waals surface area (Å²) < 4.78 is 1.41. The minimum absolute atomic E-state index is 0.0103. The van der Waals surface area contributed by atoms with E-state index in [4.69, 9.17) is 0 Å². The number of nitrogens with one attached hydrogen (secondary N) is 1. The number of aryl methyl sites for hydroxylation is 1. The van der Waals surface area contributed by atoms with Crippen LogP contribution in [0.3, 0.4) is 0 Å². The quantitative estimate of drug-likeness (QED) is 0.745. The number of anilines is 1. The second kappa shape index (κ2) is 6.13. The second-order valence-electron chi connectivity index (χ2n) is 4.66. The fraction of sp³-hybridized carbons (Fsp3) is 0.200. The van der Waals surface area contributed by atoms with Crippen LogP contribution in [0.15, 0.2) is 41.2 Å². The zero-order chi connectivity index (χ0) is 15.4. The number of phenols is 1. The average molecular weight is 288 g/mol. The van der Waals surface area contributed by atoms with Gasteiger partial charge in [-0.2, -0.15) is 0 Å². The third kappa shape index (κ3) is 3.62. The minimum Gasteiger partial charge on any atom is -0.508 e. The van der Waals surface area contributed by atoms with Crippen LogP contribution in [0.2, 0.25) is 0 Å². The van der Waals surface area contributed by atoms with Crippen molar-refractivity contribution in [1.82, 2.24) is 4.57 Å². The first-order valence-electron chi connectivity index (χ1n) is 6.45. The molecule has 0 aliphatic heterocycles. The molecule has 1 amide bonds. The molecule has 1 heterocycles. The molecule has 0 aliphatic rings. The smallest absolute Gasteiger partial charge is 0.254 e. The summed E-state index contributed by atoms with van der Waals surface area (Å²) in [6.07, 6.45) is 0.0832. The highest BCUT2D eigenvalue weighted by atomic mass is 16.3. The number of hydrogen-bond acceptors (Lipinski definition) is 4. The minimum atomic E-state index is -0.358. The van der Waals surface area contributed by atoms with E-state index < -0.39 is 0 Å². The van der Waals surface area contributed by atoms with Crippen molar-refractivity contribution in [3.05, 3.63) is 52.4 Å². The molecule has 2 aromatic rings. The van der Waals surface area contributed by atoms with Gasteiger partial charge in [0.05, 0.1) is 5.69 Å². The first-order valence-corrected chi connectivity index (χ1v) is 6.45. The molecule has 110 valence electrons. The highest BCUT2D eigenvalue weighted by Crippen LogP contribution is 2.21. The van der Waals surface area contributed by atoms with Gasteiger partial charge in [0.1, 0.15) is 11.5 Å². The maximum atomic E-state index is 11.8. The molecular formula is C15H16N2O4. The van der Waals surface area contributed by atoms with Gasteiger partial charge < -0.3 is 20.1 Å². The molecule has 3 N–H and O–H groups in total. The van der Waals surface area contributed by atoms with Crippen LogP contribution in [-0.4, -0.2) is 20.7 Å². The van der Waals surface area contributed by atoms with Gasteiger partial charge in [-0.1, -0.05) is 12.1 Å². The molecule has 1 aromatic heterocycles. The van der Waals surface area contributed by atoms with Gasteiger partial charge in [0.15, 0.2) is 0 Å². The van der Waals surface area contributed by atoms with E-state index in [1.807, 2.05) is 0 Å². The maximum Gasteiger partial charge on any atom is 0.254 e. The number of amides is 1. The third-order valence-electron chi connectivity index (χ3n) is 3.06. The third-order valence-corrected chi connectivity index (χ3v) is 3.06. The fourth-order valence-corrected chi connectivity index (χ4v) is 2.00. The number of rotatable bonds is 4. The average Bonchev–Trinajstić information content (AvgIpc) is 2.40. The van der Waals surface area contributed by atoms with E-state index in [0.717, 1.165) is 6.07 Å². The van der Waals surface area contributed by atoms with Crippen molar-refractivity contribution in [2.24, 2.45) is 0 Å². The van der Waals surface area contributed by atoms with Gasteiger partial charge in [0.25, 0.3) is 5.56 Å². The number of carbonyl (C=O) groups is 1. The second-order valence-corrected chi connectivity index (χ2v) is 4.66. The summed E-state index contributed by atoms with van der Waals surface area (Å²) in [4.78, 5) is 23.6. The Labute approximate surface area is 121 Å². The molecule has 0 radical (unpaired) electrons. The van der Waals surface area contributed by atoms with Gasteiger partial charge >= 0.3 is 0 Å². The van der Waals surface area contributed by atoms with E-state index in [9.17, 15) is 19.8 Å². The molecule has 6 nitrogen and oxygen atoms in total. The molecule has 0 saturated carbocycles. The lowest BCUT2D eigenvalue weighted by Crippen LogP contribution is -2.24. The molecule has 0 aliphatic carbocycles. The summed E-state index contributed by atoms with van der Waals surface area (Å²) in [7, 11) is 0. The Morgan fingerprint density at radius 3 is 2.62 bits per heavy atom. The van der Waals surface area contributed by atoms with Crippen molar-refractivity contribution < 1.29 is 15.0 Å². The Kier molecular flexibility index (Phi) is 4.27. The predicted octanol–water partition coefficient (Wildman–Crippen LogP) is 1.60. The summed E-state index contributed by atoms with van der Waals surface area (Å²) in [5, 5.41) is 21.4. The summed E-state index contributed by atoms with van der Waals surface area (Å²) >= 11 is 0. The van der Waals surface area contributed by atoms with Crippen molar-refractivity contribution in [3.8, 4) is 11.5 Å². The van der Waals surface area contributed by atoms with E-state index in [1.165, 1.54) is 16.7 Å². The Hall–Kier alpha value is -2.76. The van der Waals surface area contributed by atoms with Crippen LogP contribution in [0, 0.1) is 6.92 Å². The van der Waals surface area contributed by atoms with E-state index in [0.29, 0.717) is 11.4 Å². The lowest BCUT2D eigenvalue weighted by atomic mass is 10.2. The van der Waals surface area contributed by atoms with Crippen molar-refractivity contribution in [1.29, 1.82) is 0 Å². The van der Waals surface area contributed by atoms with Gasteiger partial charge in [-0.05, 0) is 25.1 Å². The largest absolute Gasteiger partial charge is 0.508 e. The van der Waals surface area contributed by atoms with Crippen LogP contribution < -0.4 is 10.9 Å². The van der Waals surface area contributed by atoms with Crippen molar-refractivity contribution in [2.75, 3.05) is 5.32 Å². The van der Waals surface area contributed by atoms with Gasteiger partial charge in [0, 0.05) is 24.7 Å². The lowest BCUT2D eigenvalue weighted by Gasteiger charge is -2.10. The lowest BCUT2D eigenvalue weighted by molar-refractivity contribution is -0.116. The van der Waals surface area contributed by atoms with E-state index in [2.05, 4.69) is 5.32 Å². The standard InChI is InChI=1S/C15H16N2O4/c1-10-8-11(18)9-15(21)17(10)7-6-14(20)16-12-4-2-3-5-13(12)19/h2-5,8-9,18-19H,6-7H2,1H3,(H,16,20). The van der Waals surface area contributed by atoms with E-state index in [-0.39, 0.29) is 35.9 Å². The summed E-state index contributed by atoms with van der Waals surface area (Å²) in [6, 6.07) is 8.99. The molecule has 6 heteroatoms. The Balaban J connectivity index is 2.02. The summed E-state index contributed by atoms with van der Waals surface area (Å²) in [5.74, 6) is -0.410. The van der Waals surface area contributed by atoms with Crippen LogP contribution in [0.5, 0.6) is 11.5 Å². The number of nitrogens with zero attached hydrogens (tertiary/aromatic N) is 1. The topological polar surface area (TPSA) is 91.6 Å². The number of carbonyl (C=O) groups excluding carboxylic acids is 1. The van der Waals surface area contributed by atoms with E-state index >= 15 is 0 Å². The molecule has 0 unspecified atom stereocenters. The number of pyridine rings is 1. The SMILES string of the molecule is Cc1cc(O)cc(=O)n1CCC(=O)Nc1ccccc1O. The monoisotopic (exact) mass is 288 g/mol. The summed E-state index contributed by atoms with van der Waals surface area (Å²) in [6.45, 7) is 1.88. The van der Waals surface area contributed by atoms with Gasteiger partial charge in [-0.3, -0.25) is 9.59 Å². The van der Waals surface area contributed by atoms with E-state index in [1.54, 1.807) is 25.1 Å². The molecular weight excluding hydrogens is 272 g/mol. The van der Waals surface area contributed by atoms with Crippen LogP contribution in [-0.2, 0) is 11.3 Å². The summed E-state index contributed by atoms with van der Waals surface area (Å²) in [5.41, 5.74) is 0.551. The predicted molar refractivity (Wildman–Crippen MR) is 78.5 cm³/mol. The Bertz CT molecular complexity index is 722. The first-order chi connectivity index (χ1) is 9.97. The van der Waals surface area contributed by atoms with Crippen LogP contribution in [0.4, 0.5) is 5.69 Å². The van der Waals surface area contributed by atoms with Crippen LogP contribution >= 0.6 is 0 Å². The van der Waals surface area contributed by atoms with Crippen molar-refractivity contribution >= 4 is 11.6 Å². The Morgan fingerprint density at radius 2 is 1.95 bits per heavy atom. The molecule has 21 heavy (non-hydrogen) atoms. The molecule has 2 rings (SSSR count). The normalized spacial score (nSPS) is 10.3. The number of aromatic hydroxyl groups is 2. The zero-order valence-corrected chi connectivity index (χ0v) is 11.5. The molecule has 1 aromatic carbocycles. The zero-order valence-electron chi connectivity index (χ0n) is 11.5. The van der Waals surface area contributed by atoms with Gasteiger partial charge in [-0.15, -0.1) is 0 Å². The Morgan fingerprint density at radius 1 is 1.24 bits per heavy atom. The van der Waals surface area contributed by atoms with Crippen molar-refractivity contribution in [2.45, 2.75) is 19.9 Å². The highest BCUT2D eigenvalue weighted by Gasteiger charge is 2.08. The van der Waals surface area contributed by atoms with Gasteiger partial charge in [-0.25, -0.2) is 0 Å². The first kappa shape index (κ1) is 14.6. The van der Waals surface area contributed by atoms with Crippen molar-refractivity contribution in [3.63, 3.8) is 0 Å². The van der Waals surface area contributed by atoms with Crippen LogP contribution in [0.25, 0.3) is 0 Å². The number of phenolic OH excluding ortho intramolecular Hbond substituents is 1. The highest BCUT2D eigenvalue weighted by molar-refractivity contribution is 5.92. The number of benzene rings is 1.